The Bertz CT molecular complexity index is 474. The first-order chi connectivity index (χ1) is 8.96. The fourth-order valence-electron chi connectivity index (χ4n) is 2.89. The normalized spacial score (nSPS) is 22.2. The van der Waals surface area contributed by atoms with Gasteiger partial charge in [0.1, 0.15) is 5.69 Å². The number of ether oxygens (including phenoxy) is 1. The van der Waals surface area contributed by atoms with Crippen molar-refractivity contribution in [2.45, 2.75) is 52.7 Å². The Balaban J connectivity index is 2.42. The molecule has 4 nitrogen and oxygen atoms in total. The average Bonchev–Trinajstić information content (AvgIpc) is 2.69. The van der Waals surface area contributed by atoms with E-state index in [1.54, 1.807) is 13.3 Å². The zero-order valence-electron chi connectivity index (χ0n) is 12.3. The van der Waals surface area contributed by atoms with Crippen LogP contribution in [0, 0.1) is 5.41 Å². The van der Waals surface area contributed by atoms with Gasteiger partial charge in [0.05, 0.1) is 19.4 Å². The van der Waals surface area contributed by atoms with Crippen molar-refractivity contribution < 1.29 is 9.84 Å². The number of methoxy groups -OCH3 is 1. The van der Waals surface area contributed by atoms with E-state index in [1.165, 1.54) is 0 Å². The van der Waals surface area contributed by atoms with Gasteiger partial charge in [0, 0.05) is 6.54 Å². The highest BCUT2D eigenvalue weighted by atomic mass is 16.5. The summed E-state index contributed by atoms with van der Waals surface area (Å²) in [5.41, 5.74) is 2.28. The van der Waals surface area contributed by atoms with Gasteiger partial charge in [-0.3, -0.25) is 4.68 Å². The van der Waals surface area contributed by atoms with E-state index in [9.17, 15) is 5.11 Å². The first kappa shape index (κ1) is 14.1. The van der Waals surface area contributed by atoms with Crippen LogP contribution in [-0.4, -0.2) is 28.1 Å². The topological polar surface area (TPSA) is 47.3 Å². The van der Waals surface area contributed by atoms with Crippen molar-refractivity contribution in [1.82, 2.24) is 9.78 Å². The van der Waals surface area contributed by atoms with Gasteiger partial charge in [0.2, 0.25) is 0 Å². The lowest BCUT2D eigenvalue weighted by Gasteiger charge is -2.32. The van der Waals surface area contributed by atoms with Crippen molar-refractivity contribution in [3.8, 4) is 5.75 Å². The van der Waals surface area contributed by atoms with E-state index in [0.717, 1.165) is 42.8 Å². The molecule has 1 aliphatic carbocycles. The van der Waals surface area contributed by atoms with Crippen LogP contribution < -0.4 is 4.74 Å². The van der Waals surface area contributed by atoms with Crippen LogP contribution in [0.3, 0.4) is 0 Å². The van der Waals surface area contributed by atoms with Gasteiger partial charge < -0.3 is 9.84 Å². The van der Waals surface area contributed by atoms with Gasteiger partial charge >= 0.3 is 0 Å². The third-order valence-corrected chi connectivity index (χ3v) is 3.59. The summed E-state index contributed by atoms with van der Waals surface area (Å²) in [6.07, 6.45) is 6.11. The minimum absolute atomic E-state index is 0.107. The zero-order valence-corrected chi connectivity index (χ0v) is 12.3. The smallest absolute Gasteiger partial charge is 0.164 e. The molecule has 0 saturated heterocycles. The molecule has 1 N–H and O–H groups in total. The van der Waals surface area contributed by atoms with Gasteiger partial charge in [-0.1, -0.05) is 26.8 Å². The maximum atomic E-state index is 10.1. The molecule has 0 radical (unpaired) electrons. The number of aromatic nitrogens is 2. The third-order valence-electron chi connectivity index (χ3n) is 3.59. The molecule has 0 fully saturated rings. The number of hydrogen-bond donors (Lipinski definition) is 1. The molecule has 1 unspecified atom stereocenters. The summed E-state index contributed by atoms with van der Waals surface area (Å²) >= 11 is 0. The quantitative estimate of drug-likeness (QED) is 0.909. The fourth-order valence-corrected chi connectivity index (χ4v) is 2.89. The average molecular weight is 264 g/mol. The third kappa shape index (κ3) is 3.00. The number of aliphatic hydroxyl groups is 1. The molecule has 1 aromatic heterocycles. The summed E-state index contributed by atoms with van der Waals surface area (Å²) in [5.74, 6) is 0.796. The van der Waals surface area contributed by atoms with E-state index in [2.05, 4.69) is 25.9 Å². The van der Waals surface area contributed by atoms with E-state index in [0.29, 0.717) is 0 Å². The first-order valence-corrected chi connectivity index (χ1v) is 6.96. The monoisotopic (exact) mass is 264 g/mol. The molecule has 4 heteroatoms. The predicted octanol–water partition coefficient (Wildman–Crippen LogP) is 2.87. The Morgan fingerprint density at radius 2 is 2.26 bits per heavy atom. The standard InChI is InChI=1S/C15H24N2O2/c1-5-6-17-14(13(19-4)10-16-17)11-7-12(18)9-15(2,3)8-11/h7,10,12,18H,5-6,8-9H2,1-4H3. The van der Waals surface area contributed by atoms with Crippen LogP contribution in [0.5, 0.6) is 5.75 Å². The lowest BCUT2D eigenvalue weighted by atomic mass is 9.75. The van der Waals surface area contributed by atoms with E-state index in [-0.39, 0.29) is 11.5 Å². The number of nitrogens with zero attached hydrogens (tertiary/aromatic N) is 2. The van der Waals surface area contributed by atoms with Crippen LogP contribution in [0.15, 0.2) is 12.3 Å². The van der Waals surface area contributed by atoms with Crippen molar-refractivity contribution in [2.24, 2.45) is 5.41 Å². The first-order valence-electron chi connectivity index (χ1n) is 6.96. The molecule has 1 aromatic rings. The molecule has 0 aromatic carbocycles. The van der Waals surface area contributed by atoms with Gasteiger partial charge in [0.25, 0.3) is 0 Å². The van der Waals surface area contributed by atoms with Gasteiger partial charge in [-0.05, 0) is 30.3 Å². The lowest BCUT2D eigenvalue weighted by Crippen LogP contribution is -2.25. The Morgan fingerprint density at radius 1 is 1.53 bits per heavy atom. The summed E-state index contributed by atoms with van der Waals surface area (Å²) in [4.78, 5) is 0. The molecular weight excluding hydrogens is 240 g/mol. The molecule has 1 atom stereocenters. The number of allylic oxidation sites excluding steroid dienone is 1. The number of hydrogen-bond acceptors (Lipinski definition) is 3. The van der Waals surface area contributed by atoms with Crippen molar-refractivity contribution in [2.75, 3.05) is 7.11 Å². The Morgan fingerprint density at radius 3 is 2.84 bits per heavy atom. The maximum absolute atomic E-state index is 10.1. The molecule has 0 spiro atoms. The predicted molar refractivity (Wildman–Crippen MR) is 76.1 cm³/mol. The second-order valence-corrected chi connectivity index (χ2v) is 6.09. The summed E-state index contributed by atoms with van der Waals surface area (Å²) in [6, 6.07) is 0. The lowest BCUT2D eigenvalue weighted by molar-refractivity contribution is 0.146. The summed E-state index contributed by atoms with van der Waals surface area (Å²) in [5, 5.41) is 14.4. The van der Waals surface area contributed by atoms with Crippen molar-refractivity contribution in [3.63, 3.8) is 0 Å². The molecular formula is C15H24N2O2. The second kappa shape index (κ2) is 5.37. The molecule has 0 amide bonds. The second-order valence-electron chi connectivity index (χ2n) is 6.09. The minimum atomic E-state index is -0.381. The van der Waals surface area contributed by atoms with E-state index in [1.807, 2.05) is 10.8 Å². The largest absolute Gasteiger partial charge is 0.493 e. The summed E-state index contributed by atoms with van der Waals surface area (Å²) < 4.78 is 7.41. The van der Waals surface area contributed by atoms with Crippen LogP contribution in [0.1, 0.15) is 45.7 Å². The molecule has 19 heavy (non-hydrogen) atoms. The van der Waals surface area contributed by atoms with E-state index >= 15 is 0 Å². The highest BCUT2D eigenvalue weighted by molar-refractivity contribution is 5.69. The van der Waals surface area contributed by atoms with Gasteiger partial charge in [-0.15, -0.1) is 0 Å². The zero-order chi connectivity index (χ0) is 14.0. The Labute approximate surface area is 115 Å². The van der Waals surface area contributed by atoms with Gasteiger partial charge in [-0.25, -0.2) is 0 Å². The van der Waals surface area contributed by atoms with E-state index in [4.69, 9.17) is 4.74 Å². The van der Waals surface area contributed by atoms with Crippen LogP contribution in [0.2, 0.25) is 0 Å². The maximum Gasteiger partial charge on any atom is 0.164 e. The molecule has 1 heterocycles. The van der Waals surface area contributed by atoms with Crippen molar-refractivity contribution in [1.29, 1.82) is 0 Å². The Hall–Kier alpha value is -1.29. The molecule has 0 aliphatic heterocycles. The summed E-state index contributed by atoms with van der Waals surface area (Å²) in [6.45, 7) is 7.38. The molecule has 1 aliphatic rings. The number of aryl methyl sites for hydroxylation is 1. The molecule has 106 valence electrons. The van der Waals surface area contributed by atoms with Crippen LogP contribution in [0.4, 0.5) is 0 Å². The van der Waals surface area contributed by atoms with E-state index < -0.39 is 0 Å². The number of rotatable bonds is 4. The molecule has 0 bridgehead atoms. The van der Waals surface area contributed by atoms with Gasteiger partial charge in [-0.2, -0.15) is 5.10 Å². The molecule has 2 rings (SSSR count). The molecule has 0 saturated carbocycles. The van der Waals surface area contributed by atoms with Crippen molar-refractivity contribution in [3.05, 3.63) is 18.0 Å². The van der Waals surface area contributed by atoms with Crippen molar-refractivity contribution >= 4 is 5.57 Å². The number of aliphatic hydroxyl groups excluding tert-OH is 1. The Kier molecular flexibility index (Phi) is 3.99. The highest BCUT2D eigenvalue weighted by Crippen LogP contribution is 2.41. The fraction of sp³-hybridized carbons (Fsp3) is 0.667. The van der Waals surface area contributed by atoms with Gasteiger partial charge in [0.15, 0.2) is 5.75 Å². The van der Waals surface area contributed by atoms with Crippen LogP contribution >= 0.6 is 0 Å². The minimum Gasteiger partial charge on any atom is -0.493 e. The summed E-state index contributed by atoms with van der Waals surface area (Å²) in [7, 11) is 1.67. The SMILES string of the molecule is CCCn1ncc(OC)c1C1=CC(O)CC(C)(C)C1. The van der Waals surface area contributed by atoms with Crippen LogP contribution in [-0.2, 0) is 6.54 Å². The van der Waals surface area contributed by atoms with Crippen LogP contribution in [0.25, 0.3) is 5.57 Å². The highest BCUT2D eigenvalue weighted by Gasteiger charge is 2.30.